The van der Waals surface area contributed by atoms with E-state index in [9.17, 15) is 14.4 Å². The molecule has 2 aromatic rings. The van der Waals surface area contributed by atoms with Crippen molar-refractivity contribution in [2.24, 2.45) is 5.92 Å². The zero-order chi connectivity index (χ0) is 24.4. The van der Waals surface area contributed by atoms with E-state index in [0.29, 0.717) is 35.4 Å². The van der Waals surface area contributed by atoms with E-state index in [1.807, 2.05) is 30.3 Å². The monoisotopic (exact) mass is 461 g/mol. The minimum atomic E-state index is -0.801. The highest BCUT2D eigenvalue weighted by Crippen LogP contribution is 2.48. The molecule has 0 saturated heterocycles. The molecule has 176 valence electrons. The van der Waals surface area contributed by atoms with Gasteiger partial charge in [-0.25, -0.2) is 0 Å². The summed E-state index contributed by atoms with van der Waals surface area (Å²) in [4.78, 5) is 37.8. The Kier molecular flexibility index (Phi) is 6.54. The van der Waals surface area contributed by atoms with Crippen molar-refractivity contribution >= 4 is 17.7 Å². The molecule has 0 aromatic heterocycles. The van der Waals surface area contributed by atoms with Crippen molar-refractivity contribution in [2.45, 2.75) is 31.6 Å². The molecule has 2 aromatic carbocycles. The van der Waals surface area contributed by atoms with E-state index in [0.717, 1.165) is 11.3 Å². The number of carbonyl (C=O) groups is 3. The Morgan fingerprint density at radius 3 is 2.38 bits per heavy atom. The first-order valence-electron chi connectivity index (χ1n) is 11.0. The predicted octanol–water partition coefficient (Wildman–Crippen LogP) is 4.01. The molecular formula is C27H27NO6. The summed E-state index contributed by atoms with van der Waals surface area (Å²) in [5.41, 5.74) is 3.55. The fraction of sp³-hybridized carbons (Fsp3) is 0.296. The molecule has 1 aliphatic carbocycles. The van der Waals surface area contributed by atoms with Gasteiger partial charge in [0.15, 0.2) is 17.3 Å². The molecule has 34 heavy (non-hydrogen) atoms. The average Bonchev–Trinajstić information content (AvgIpc) is 2.83. The van der Waals surface area contributed by atoms with Gasteiger partial charge in [0.05, 0.1) is 14.2 Å². The number of nitrogens with one attached hydrogen (secondary N) is 1. The van der Waals surface area contributed by atoms with Crippen LogP contribution in [0.25, 0.3) is 0 Å². The van der Waals surface area contributed by atoms with Crippen molar-refractivity contribution < 1.29 is 28.6 Å². The van der Waals surface area contributed by atoms with Crippen molar-refractivity contribution in [1.29, 1.82) is 0 Å². The molecule has 0 radical (unpaired) electrons. The first kappa shape index (κ1) is 23.3. The van der Waals surface area contributed by atoms with E-state index in [-0.39, 0.29) is 17.5 Å². The van der Waals surface area contributed by atoms with Gasteiger partial charge in [-0.1, -0.05) is 43.0 Å². The normalized spacial score (nSPS) is 21.9. The summed E-state index contributed by atoms with van der Waals surface area (Å²) >= 11 is 0. The fourth-order valence-corrected chi connectivity index (χ4v) is 4.89. The highest BCUT2D eigenvalue weighted by atomic mass is 16.6. The summed E-state index contributed by atoms with van der Waals surface area (Å²) < 4.78 is 15.7. The van der Waals surface area contributed by atoms with E-state index in [4.69, 9.17) is 14.2 Å². The van der Waals surface area contributed by atoms with Gasteiger partial charge in [-0.2, -0.15) is 0 Å². The smallest absolute Gasteiger partial charge is 0.315 e. The molecule has 7 heteroatoms. The number of hydrogen-bond donors (Lipinski definition) is 1. The minimum Gasteiger partial charge on any atom is -0.493 e. The van der Waals surface area contributed by atoms with E-state index in [1.54, 1.807) is 18.2 Å². The maximum Gasteiger partial charge on any atom is 0.315 e. The molecule has 1 aliphatic heterocycles. The third kappa shape index (κ3) is 4.33. The second-order valence-corrected chi connectivity index (χ2v) is 8.46. The van der Waals surface area contributed by atoms with Crippen LogP contribution in [0.2, 0.25) is 0 Å². The standard InChI is InChI=1S/C27H27NO6/c1-15-24(27(31)33-4)25(18-10-11-22(34-16(2)29)23(14-18)32-3)26-20(28-15)12-19(13-21(26)30)17-8-6-5-7-9-17/h5-11,14,19,24-25,28H,1,12-13H2,2-4H3. The molecular weight excluding hydrogens is 434 g/mol. The van der Waals surface area contributed by atoms with Gasteiger partial charge < -0.3 is 19.5 Å². The zero-order valence-corrected chi connectivity index (χ0v) is 19.4. The number of benzene rings is 2. The lowest BCUT2D eigenvalue weighted by Crippen LogP contribution is -2.42. The maximum absolute atomic E-state index is 13.5. The maximum atomic E-state index is 13.5. The van der Waals surface area contributed by atoms with Gasteiger partial charge in [-0.05, 0) is 35.6 Å². The lowest BCUT2D eigenvalue weighted by molar-refractivity contribution is -0.144. The predicted molar refractivity (Wildman–Crippen MR) is 125 cm³/mol. The number of methoxy groups -OCH3 is 2. The van der Waals surface area contributed by atoms with Crippen LogP contribution < -0.4 is 14.8 Å². The Balaban J connectivity index is 1.82. The van der Waals surface area contributed by atoms with Gasteiger partial charge >= 0.3 is 11.9 Å². The molecule has 0 bridgehead atoms. The fourth-order valence-electron chi connectivity index (χ4n) is 4.89. The Hall–Kier alpha value is -3.87. The number of carbonyl (C=O) groups excluding carboxylic acids is 3. The minimum absolute atomic E-state index is 0.0305. The van der Waals surface area contributed by atoms with Crippen LogP contribution in [-0.2, 0) is 19.1 Å². The molecule has 0 fully saturated rings. The van der Waals surface area contributed by atoms with Gasteiger partial charge in [0.25, 0.3) is 0 Å². The highest BCUT2D eigenvalue weighted by molar-refractivity contribution is 6.01. The molecule has 3 atom stereocenters. The van der Waals surface area contributed by atoms with E-state index in [1.165, 1.54) is 21.1 Å². The first-order chi connectivity index (χ1) is 16.3. The van der Waals surface area contributed by atoms with Crippen molar-refractivity contribution in [3.05, 3.63) is 83.2 Å². The number of Topliss-reactive ketones (excluding diaryl/α,β-unsaturated/α-hetero) is 1. The Morgan fingerprint density at radius 1 is 1.00 bits per heavy atom. The van der Waals surface area contributed by atoms with Crippen molar-refractivity contribution in [3.63, 3.8) is 0 Å². The van der Waals surface area contributed by atoms with Crippen LogP contribution in [0, 0.1) is 5.92 Å². The summed E-state index contributed by atoms with van der Waals surface area (Å²) in [6.07, 6.45) is 0.960. The largest absolute Gasteiger partial charge is 0.493 e. The summed E-state index contributed by atoms with van der Waals surface area (Å²) in [5.74, 6) is -1.79. The Morgan fingerprint density at radius 2 is 1.74 bits per heavy atom. The quantitative estimate of drug-likeness (QED) is 0.531. The first-order valence-corrected chi connectivity index (χ1v) is 11.0. The average molecular weight is 462 g/mol. The lowest BCUT2D eigenvalue weighted by atomic mass is 9.69. The number of esters is 2. The number of ether oxygens (including phenoxy) is 3. The number of rotatable bonds is 5. The molecule has 1 heterocycles. The van der Waals surface area contributed by atoms with Gasteiger partial charge in [0, 0.05) is 36.2 Å². The zero-order valence-electron chi connectivity index (χ0n) is 19.4. The number of ketones is 1. The third-order valence-corrected chi connectivity index (χ3v) is 6.37. The van der Waals surface area contributed by atoms with Crippen LogP contribution in [0.15, 0.2) is 72.1 Å². The summed E-state index contributed by atoms with van der Waals surface area (Å²) in [6, 6.07) is 15.0. The van der Waals surface area contributed by atoms with Crippen LogP contribution >= 0.6 is 0 Å². The van der Waals surface area contributed by atoms with Crippen LogP contribution in [0.3, 0.4) is 0 Å². The van der Waals surface area contributed by atoms with E-state index < -0.39 is 23.8 Å². The summed E-state index contributed by atoms with van der Waals surface area (Å²) in [7, 11) is 2.78. The molecule has 0 amide bonds. The summed E-state index contributed by atoms with van der Waals surface area (Å²) in [5, 5.41) is 3.24. The van der Waals surface area contributed by atoms with Gasteiger partial charge in [-0.3, -0.25) is 14.4 Å². The Bertz CT molecular complexity index is 1180. The van der Waals surface area contributed by atoms with Crippen LogP contribution in [0.1, 0.15) is 42.7 Å². The van der Waals surface area contributed by atoms with Gasteiger partial charge in [-0.15, -0.1) is 0 Å². The second kappa shape index (κ2) is 9.55. The molecule has 0 spiro atoms. The van der Waals surface area contributed by atoms with Crippen LogP contribution in [0.4, 0.5) is 0 Å². The SMILES string of the molecule is C=C1NC2=C(C(=O)CC(c3ccccc3)C2)C(c2ccc(OC(C)=O)c(OC)c2)C1C(=O)OC. The molecule has 1 N–H and O–H groups in total. The van der Waals surface area contributed by atoms with Crippen molar-refractivity contribution in [1.82, 2.24) is 5.32 Å². The number of hydrogen-bond acceptors (Lipinski definition) is 7. The van der Waals surface area contributed by atoms with E-state index >= 15 is 0 Å². The van der Waals surface area contributed by atoms with Crippen molar-refractivity contribution in [2.75, 3.05) is 14.2 Å². The van der Waals surface area contributed by atoms with Crippen molar-refractivity contribution in [3.8, 4) is 11.5 Å². The molecule has 7 nitrogen and oxygen atoms in total. The molecule has 0 saturated carbocycles. The highest BCUT2D eigenvalue weighted by Gasteiger charge is 2.45. The summed E-state index contributed by atoms with van der Waals surface area (Å²) in [6.45, 7) is 5.40. The third-order valence-electron chi connectivity index (χ3n) is 6.37. The van der Waals surface area contributed by atoms with Crippen LogP contribution in [-0.4, -0.2) is 31.9 Å². The second-order valence-electron chi connectivity index (χ2n) is 8.46. The number of allylic oxidation sites excluding steroid dienone is 2. The van der Waals surface area contributed by atoms with E-state index in [2.05, 4.69) is 11.9 Å². The topological polar surface area (TPSA) is 90.9 Å². The Labute approximate surface area is 198 Å². The van der Waals surface area contributed by atoms with Crippen LogP contribution in [0.5, 0.6) is 11.5 Å². The van der Waals surface area contributed by atoms with Gasteiger partial charge in [0.2, 0.25) is 0 Å². The lowest BCUT2D eigenvalue weighted by Gasteiger charge is -2.40. The molecule has 2 aliphatic rings. The molecule has 4 rings (SSSR count). The van der Waals surface area contributed by atoms with Gasteiger partial charge in [0.1, 0.15) is 5.92 Å². The molecule has 3 unspecified atom stereocenters.